The number of ether oxygens (including phenoxy) is 2. The van der Waals surface area contributed by atoms with E-state index in [-0.39, 0.29) is 41.4 Å². The van der Waals surface area contributed by atoms with Gasteiger partial charge in [0.05, 0.1) is 12.5 Å². The molecule has 1 aromatic carbocycles. The minimum atomic E-state index is -0.348. The Kier molecular flexibility index (Phi) is 8.02. The van der Waals surface area contributed by atoms with Crippen molar-refractivity contribution in [2.75, 3.05) is 6.61 Å². The number of halogens is 1. The molecule has 39 heavy (non-hydrogen) atoms. The van der Waals surface area contributed by atoms with Gasteiger partial charge >= 0.3 is 12.1 Å². The number of hydrogen-bond donors (Lipinski definition) is 1. The minimum Gasteiger partial charge on any atom is -0.462 e. The summed E-state index contributed by atoms with van der Waals surface area (Å²) in [5, 5.41) is 3.04. The highest BCUT2D eigenvalue weighted by molar-refractivity contribution is 5.76. The average molecular weight is 536 g/mol. The number of benzene rings is 1. The Labute approximate surface area is 231 Å². The van der Waals surface area contributed by atoms with Gasteiger partial charge in [-0.15, -0.1) is 0 Å². The van der Waals surface area contributed by atoms with Gasteiger partial charge in [0.2, 0.25) is 0 Å². The highest BCUT2D eigenvalue weighted by Gasteiger charge is 2.62. The molecule has 1 aromatic rings. The molecular weight excluding hydrogens is 493 g/mol. The number of esters is 1. The predicted molar refractivity (Wildman–Crippen MR) is 150 cm³/mol. The van der Waals surface area contributed by atoms with Crippen molar-refractivity contribution in [2.45, 2.75) is 78.4 Å². The molecule has 1 heterocycles. The van der Waals surface area contributed by atoms with E-state index in [9.17, 15) is 14.0 Å². The lowest BCUT2D eigenvalue weighted by molar-refractivity contribution is -0.144. The number of nitrogens with one attached hydrogen (secondary N) is 1. The molecule has 1 amide bonds. The van der Waals surface area contributed by atoms with Crippen molar-refractivity contribution >= 4 is 17.6 Å². The number of alkyl carbamates (subject to hydrolysis) is 1. The van der Waals surface area contributed by atoms with E-state index in [1.54, 1.807) is 12.1 Å². The first-order valence-electron chi connectivity index (χ1n) is 14.7. The Morgan fingerprint density at radius 2 is 2.05 bits per heavy atom. The number of carbonyl (C=O) groups excluding carboxylic acids is 2. The third-order valence-electron chi connectivity index (χ3n) is 10.1. The summed E-state index contributed by atoms with van der Waals surface area (Å²) in [5.41, 5.74) is 3.19. The van der Waals surface area contributed by atoms with Crippen LogP contribution in [0.4, 0.5) is 9.18 Å². The van der Waals surface area contributed by atoms with Crippen LogP contribution in [0.2, 0.25) is 0 Å². The number of hydrogen-bond acceptors (Lipinski definition) is 4. The van der Waals surface area contributed by atoms with Crippen molar-refractivity contribution in [1.29, 1.82) is 0 Å². The maximum Gasteiger partial charge on any atom is 0.407 e. The van der Waals surface area contributed by atoms with Gasteiger partial charge in [-0.2, -0.15) is 0 Å². The van der Waals surface area contributed by atoms with Gasteiger partial charge in [-0.25, -0.2) is 9.18 Å². The Balaban J connectivity index is 1.32. The molecule has 1 aliphatic heterocycles. The first-order valence-corrected chi connectivity index (χ1v) is 14.7. The molecule has 1 unspecified atom stereocenters. The Morgan fingerprint density at radius 1 is 1.23 bits per heavy atom. The topological polar surface area (TPSA) is 64.6 Å². The molecule has 5 nitrogen and oxygen atoms in total. The Morgan fingerprint density at radius 3 is 2.79 bits per heavy atom. The quantitative estimate of drug-likeness (QED) is 0.390. The van der Waals surface area contributed by atoms with Gasteiger partial charge in [0, 0.05) is 11.5 Å². The standard InChI is InChI=1S/C33H42FNO4/c1-5-38-32(37)35-26-13-15-28-24(18-26)19-30-31(36)39-21(3)33(30,4)29(28)11-6-8-22-12-14-27(20(2)16-22)23-9-7-10-25(34)17-23/h6-10,12,14,17,20-21,24,26,28-30H,5,11,13,15-16,18-19H2,1-4H3,(H,35,37)/b8-6+/t20?,21-,24-,26-,28+,29-,30-,33+/m1/s1. The van der Waals surface area contributed by atoms with E-state index >= 15 is 0 Å². The molecule has 2 saturated carbocycles. The lowest BCUT2D eigenvalue weighted by atomic mass is 9.50. The van der Waals surface area contributed by atoms with Gasteiger partial charge in [-0.3, -0.25) is 4.79 Å². The summed E-state index contributed by atoms with van der Waals surface area (Å²) in [7, 11) is 0. The monoisotopic (exact) mass is 535 g/mol. The lowest BCUT2D eigenvalue weighted by Crippen LogP contribution is -2.53. The van der Waals surface area contributed by atoms with Crippen molar-refractivity contribution in [3.8, 4) is 0 Å². The summed E-state index contributed by atoms with van der Waals surface area (Å²) in [6.45, 7) is 8.70. The van der Waals surface area contributed by atoms with Crippen molar-refractivity contribution in [2.24, 2.45) is 35.0 Å². The molecule has 6 heteroatoms. The first kappa shape index (κ1) is 27.7. The van der Waals surface area contributed by atoms with Gasteiger partial charge in [0.15, 0.2) is 0 Å². The summed E-state index contributed by atoms with van der Waals surface area (Å²) in [6, 6.07) is 6.92. The fourth-order valence-corrected chi connectivity index (χ4v) is 8.01. The van der Waals surface area contributed by atoms with E-state index in [0.717, 1.165) is 44.1 Å². The molecule has 0 aromatic heterocycles. The summed E-state index contributed by atoms with van der Waals surface area (Å²) in [5.74, 6) is 1.15. The van der Waals surface area contributed by atoms with E-state index in [0.29, 0.717) is 30.3 Å². The van der Waals surface area contributed by atoms with Crippen LogP contribution in [0, 0.1) is 40.8 Å². The maximum atomic E-state index is 13.8. The maximum absolute atomic E-state index is 13.8. The first-order chi connectivity index (χ1) is 18.7. The fourth-order valence-electron chi connectivity index (χ4n) is 8.01. The lowest BCUT2D eigenvalue weighted by Gasteiger charge is -2.53. The molecular formula is C33H42FNO4. The van der Waals surface area contributed by atoms with Crippen LogP contribution in [0.1, 0.15) is 71.8 Å². The van der Waals surface area contributed by atoms with Crippen LogP contribution < -0.4 is 5.32 Å². The summed E-state index contributed by atoms with van der Waals surface area (Å²) < 4.78 is 24.7. The van der Waals surface area contributed by atoms with E-state index < -0.39 is 0 Å². The molecule has 8 atom stereocenters. The summed E-state index contributed by atoms with van der Waals surface area (Å²) in [6.07, 6.45) is 13.9. The molecule has 1 N–H and O–H groups in total. The Bertz CT molecular complexity index is 1190. The number of allylic oxidation sites excluding steroid dienone is 6. The number of carbonyl (C=O) groups is 2. The van der Waals surface area contributed by atoms with Crippen LogP contribution in [-0.2, 0) is 14.3 Å². The van der Waals surface area contributed by atoms with E-state index in [2.05, 4.69) is 50.4 Å². The molecule has 0 bridgehead atoms. The smallest absolute Gasteiger partial charge is 0.407 e. The normalized spacial score (nSPS) is 35.9. The largest absolute Gasteiger partial charge is 0.462 e. The van der Waals surface area contributed by atoms with Gasteiger partial charge in [-0.05, 0) is 105 Å². The van der Waals surface area contributed by atoms with Gasteiger partial charge in [0.1, 0.15) is 11.9 Å². The van der Waals surface area contributed by atoms with E-state index in [1.807, 2.05) is 13.0 Å². The molecule has 0 radical (unpaired) electrons. The highest BCUT2D eigenvalue weighted by atomic mass is 19.1. The van der Waals surface area contributed by atoms with Crippen LogP contribution in [0.15, 0.2) is 54.1 Å². The highest BCUT2D eigenvalue weighted by Crippen LogP contribution is 2.60. The molecule has 210 valence electrons. The van der Waals surface area contributed by atoms with Crippen molar-refractivity contribution in [3.63, 3.8) is 0 Å². The van der Waals surface area contributed by atoms with Crippen LogP contribution >= 0.6 is 0 Å². The van der Waals surface area contributed by atoms with E-state index in [1.165, 1.54) is 17.2 Å². The van der Waals surface area contributed by atoms with Crippen molar-refractivity contribution in [3.05, 3.63) is 65.5 Å². The summed E-state index contributed by atoms with van der Waals surface area (Å²) in [4.78, 5) is 25.0. The van der Waals surface area contributed by atoms with Crippen molar-refractivity contribution in [1.82, 2.24) is 5.32 Å². The second kappa shape index (κ2) is 11.3. The minimum absolute atomic E-state index is 0.0586. The van der Waals surface area contributed by atoms with Gasteiger partial charge in [0.25, 0.3) is 0 Å². The summed E-state index contributed by atoms with van der Waals surface area (Å²) >= 11 is 0. The van der Waals surface area contributed by atoms with Crippen molar-refractivity contribution < 1.29 is 23.5 Å². The molecule has 3 fully saturated rings. The van der Waals surface area contributed by atoms with Crippen LogP contribution in [-0.4, -0.2) is 30.8 Å². The molecule has 5 rings (SSSR count). The van der Waals surface area contributed by atoms with Crippen LogP contribution in [0.3, 0.4) is 0 Å². The van der Waals surface area contributed by atoms with Crippen LogP contribution in [0.5, 0.6) is 0 Å². The zero-order valence-electron chi connectivity index (χ0n) is 23.6. The zero-order valence-corrected chi connectivity index (χ0v) is 23.6. The Hall–Kier alpha value is -2.89. The molecule has 3 aliphatic carbocycles. The second-order valence-electron chi connectivity index (χ2n) is 12.3. The molecule has 1 saturated heterocycles. The second-order valence-corrected chi connectivity index (χ2v) is 12.3. The fraction of sp³-hybridized carbons (Fsp3) is 0.576. The number of rotatable bonds is 6. The third kappa shape index (κ3) is 5.44. The number of amides is 1. The van der Waals surface area contributed by atoms with E-state index in [4.69, 9.17) is 9.47 Å². The van der Waals surface area contributed by atoms with Crippen LogP contribution in [0.25, 0.3) is 5.57 Å². The number of cyclic esters (lactones) is 1. The molecule has 0 spiro atoms. The molecule has 4 aliphatic rings. The predicted octanol–water partition coefficient (Wildman–Crippen LogP) is 7.24. The SMILES string of the molecule is CCOC(=O)N[C@@H]1CC[C@H]2[C@H](C1)C[C@@H]1C(=O)O[C@H](C)[C@@]1(C)[C@@H]2C/C=C/C1=CC=C(c2cccc(F)c2)C(C)C1. The number of fused-ring (bicyclic) bond motifs is 2. The van der Waals surface area contributed by atoms with Gasteiger partial charge < -0.3 is 14.8 Å². The average Bonchev–Trinajstić information content (AvgIpc) is 3.11. The zero-order chi connectivity index (χ0) is 27.7. The van der Waals surface area contributed by atoms with Gasteiger partial charge in [-0.1, -0.05) is 50.3 Å². The third-order valence-corrected chi connectivity index (χ3v) is 10.1.